The highest BCUT2D eigenvalue weighted by molar-refractivity contribution is 7.47. The molecule has 374 valence electrons. The number of rotatable bonds is 40. The van der Waals surface area contributed by atoms with Crippen molar-refractivity contribution in [1.82, 2.24) is 0 Å². The van der Waals surface area contributed by atoms with Crippen molar-refractivity contribution in [3.8, 4) is 0 Å². The fourth-order valence-electron chi connectivity index (χ4n) is 7.15. The van der Waals surface area contributed by atoms with Crippen LogP contribution in [0.25, 0.3) is 0 Å². The lowest BCUT2D eigenvalue weighted by atomic mass is 9.85. The normalized spacial score (nSPS) is 22.0. The molecule has 14 heteroatoms. The molecule has 0 aromatic carbocycles. The molecule has 8 atom stereocenters. The first kappa shape index (κ1) is 60.3. The van der Waals surface area contributed by atoms with Gasteiger partial charge < -0.3 is 39.9 Å². The average molecular weight is 939 g/mol. The van der Waals surface area contributed by atoms with E-state index in [0.717, 1.165) is 77.0 Å². The van der Waals surface area contributed by atoms with E-state index in [1.807, 2.05) is 42.5 Å². The summed E-state index contributed by atoms with van der Waals surface area (Å²) in [5, 5.41) is 50.2. The monoisotopic (exact) mass is 939 g/mol. The summed E-state index contributed by atoms with van der Waals surface area (Å²) in [6, 6.07) is 0. The molecule has 0 aliphatic heterocycles. The second-order valence-corrected chi connectivity index (χ2v) is 18.4. The Hall–Kier alpha value is -2.71. The van der Waals surface area contributed by atoms with Crippen LogP contribution in [0.3, 0.4) is 0 Å². The molecular formula is C51H87O13P. The number of unbranched alkanes of at least 4 members (excludes halogenated alkanes) is 19. The Labute approximate surface area is 391 Å². The van der Waals surface area contributed by atoms with Crippen LogP contribution in [0.5, 0.6) is 0 Å². The van der Waals surface area contributed by atoms with Gasteiger partial charge in [-0.25, -0.2) is 4.57 Å². The number of phosphoric ester groups is 1. The maximum absolute atomic E-state index is 12.8. The van der Waals surface area contributed by atoms with Gasteiger partial charge in [0.15, 0.2) is 6.10 Å². The molecule has 6 N–H and O–H groups in total. The minimum atomic E-state index is -5.14. The number of aliphatic hydroxyl groups is 5. The summed E-state index contributed by atoms with van der Waals surface area (Å²) in [6.07, 6.45) is 38.3. The van der Waals surface area contributed by atoms with Gasteiger partial charge in [-0.3, -0.25) is 18.6 Å². The largest absolute Gasteiger partial charge is 0.472 e. The number of allylic oxidation sites excluding steroid dienone is 12. The van der Waals surface area contributed by atoms with Gasteiger partial charge in [-0.15, -0.1) is 0 Å². The quantitative estimate of drug-likeness (QED) is 0.0111. The van der Waals surface area contributed by atoms with Crippen molar-refractivity contribution < 1.29 is 63.1 Å². The lowest BCUT2D eigenvalue weighted by Crippen LogP contribution is -2.64. The Morgan fingerprint density at radius 3 is 1.48 bits per heavy atom. The lowest BCUT2D eigenvalue weighted by molar-refractivity contribution is -0.220. The highest BCUT2D eigenvalue weighted by atomic mass is 31.2. The third-order valence-electron chi connectivity index (χ3n) is 11.1. The number of hydrogen-bond acceptors (Lipinski definition) is 12. The zero-order valence-corrected chi connectivity index (χ0v) is 40.7. The van der Waals surface area contributed by atoms with Crippen molar-refractivity contribution in [2.75, 3.05) is 13.2 Å². The van der Waals surface area contributed by atoms with Crippen LogP contribution in [0.1, 0.15) is 181 Å². The fraction of sp³-hybridized carbons (Fsp3) is 0.725. The summed E-state index contributed by atoms with van der Waals surface area (Å²) in [6.45, 7) is 3.12. The van der Waals surface area contributed by atoms with Crippen molar-refractivity contribution >= 4 is 19.8 Å². The van der Waals surface area contributed by atoms with Gasteiger partial charge in [0.2, 0.25) is 0 Å². The van der Waals surface area contributed by atoms with E-state index in [1.54, 1.807) is 0 Å². The summed E-state index contributed by atoms with van der Waals surface area (Å²) in [5.74, 6) is -1.16. The molecule has 0 saturated heterocycles. The zero-order valence-electron chi connectivity index (χ0n) is 39.8. The first-order chi connectivity index (χ1) is 31.4. The van der Waals surface area contributed by atoms with Gasteiger partial charge in [-0.1, -0.05) is 177 Å². The number of esters is 2. The average Bonchev–Trinajstić information content (AvgIpc) is 3.29. The summed E-state index contributed by atoms with van der Waals surface area (Å²) in [4.78, 5) is 35.7. The predicted octanol–water partition coefficient (Wildman–Crippen LogP) is 10.3. The predicted molar refractivity (Wildman–Crippen MR) is 258 cm³/mol. The van der Waals surface area contributed by atoms with Crippen LogP contribution >= 0.6 is 7.82 Å². The Bertz CT molecular complexity index is 1410. The van der Waals surface area contributed by atoms with Crippen LogP contribution in [0, 0.1) is 0 Å². The molecular weight excluding hydrogens is 852 g/mol. The highest BCUT2D eigenvalue weighted by Crippen LogP contribution is 2.47. The summed E-state index contributed by atoms with van der Waals surface area (Å²) < 4.78 is 33.5. The molecule has 65 heavy (non-hydrogen) atoms. The van der Waals surface area contributed by atoms with Gasteiger partial charge in [0.25, 0.3) is 0 Å². The summed E-state index contributed by atoms with van der Waals surface area (Å²) in [5.41, 5.74) is 0. The van der Waals surface area contributed by atoms with Gasteiger partial charge >= 0.3 is 19.8 Å². The van der Waals surface area contributed by atoms with Crippen molar-refractivity contribution in [1.29, 1.82) is 0 Å². The molecule has 0 bridgehead atoms. The number of aliphatic hydroxyl groups excluding tert-OH is 5. The second-order valence-electron chi connectivity index (χ2n) is 17.0. The van der Waals surface area contributed by atoms with E-state index in [2.05, 4.69) is 44.2 Å². The molecule has 7 unspecified atom stereocenters. The molecule has 0 spiro atoms. The Balaban J connectivity index is 2.40. The minimum Gasteiger partial charge on any atom is -0.462 e. The third kappa shape index (κ3) is 32.6. The SMILES string of the molecule is CC/C=C/C=C/C=C/C=C/CCCCCC(=O)OC(COC(=O)CCCCCCCCC/C=C/C/C=C/CCCCCCCCCCC)COP(=O)(O)OC1C(O)C(O)C(O)[C@H](O)C1O. The fourth-order valence-corrected chi connectivity index (χ4v) is 8.12. The highest BCUT2D eigenvalue weighted by Gasteiger charge is 2.51. The molecule has 0 radical (unpaired) electrons. The smallest absolute Gasteiger partial charge is 0.462 e. The third-order valence-corrected chi connectivity index (χ3v) is 12.1. The van der Waals surface area contributed by atoms with Crippen LogP contribution < -0.4 is 0 Å². The first-order valence-corrected chi connectivity index (χ1v) is 26.3. The lowest BCUT2D eigenvalue weighted by Gasteiger charge is -2.41. The van der Waals surface area contributed by atoms with E-state index in [1.165, 1.54) is 64.2 Å². The van der Waals surface area contributed by atoms with Crippen LogP contribution in [0.4, 0.5) is 0 Å². The Morgan fingerprint density at radius 1 is 0.508 bits per heavy atom. The maximum atomic E-state index is 12.8. The summed E-state index contributed by atoms with van der Waals surface area (Å²) >= 11 is 0. The standard InChI is InChI=1S/C51H87O13P/c1-3-5-7-9-11-13-15-17-18-19-20-21-22-23-24-25-26-28-29-31-33-35-37-39-44(52)61-41-43(42-62-65(59,60)64-51-49(57)47(55)46(54)48(56)50(51)58)63-45(53)40-38-36-34-32-30-27-16-14-12-10-8-6-4-2/h6,8,10,12,14,16,20-21,23-24,27,30,43,46-51,54-58H,3-5,7,9,11,13,15,17-19,22,25-26,28-29,31-42H2,1-2H3,(H,59,60)/b8-6+,12-10+,16-14+,21-20+,24-23+,30-27+/t43?,46?,47-,48?,49?,50?,51?/m0/s1. The molecule has 1 aliphatic carbocycles. The van der Waals surface area contributed by atoms with Crippen LogP contribution in [0.2, 0.25) is 0 Å². The number of ether oxygens (including phenoxy) is 2. The maximum Gasteiger partial charge on any atom is 0.472 e. The Kier molecular flexibility index (Phi) is 37.5. The van der Waals surface area contributed by atoms with Gasteiger partial charge in [0.1, 0.15) is 43.2 Å². The second kappa shape index (κ2) is 40.4. The van der Waals surface area contributed by atoms with Gasteiger partial charge in [0, 0.05) is 12.8 Å². The van der Waals surface area contributed by atoms with Crippen LogP contribution in [-0.4, -0.2) is 98.3 Å². The number of hydrogen-bond donors (Lipinski definition) is 6. The van der Waals surface area contributed by atoms with E-state index >= 15 is 0 Å². The molecule has 0 aromatic heterocycles. The molecule has 0 amide bonds. The van der Waals surface area contributed by atoms with Crippen LogP contribution in [-0.2, 0) is 32.7 Å². The summed E-state index contributed by atoms with van der Waals surface area (Å²) in [7, 11) is -5.14. The topological polar surface area (TPSA) is 210 Å². The van der Waals surface area contributed by atoms with Crippen molar-refractivity contribution in [2.45, 2.75) is 224 Å². The van der Waals surface area contributed by atoms with Crippen LogP contribution in [0.15, 0.2) is 72.9 Å². The van der Waals surface area contributed by atoms with E-state index in [9.17, 15) is 44.6 Å². The van der Waals surface area contributed by atoms with E-state index in [0.29, 0.717) is 12.8 Å². The first-order valence-electron chi connectivity index (χ1n) is 24.8. The molecule has 1 saturated carbocycles. The van der Waals surface area contributed by atoms with Gasteiger partial charge in [-0.05, 0) is 64.2 Å². The number of phosphoric acid groups is 1. The van der Waals surface area contributed by atoms with Gasteiger partial charge in [-0.2, -0.15) is 0 Å². The molecule has 1 rings (SSSR count). The van der Waals surface area contributed by atoms with Crippen molar-refractivity contribution in [3.63, 3.8) is 0 Å². The number of carbonyl (C=O) groups is 2. The molecule has 0 aromatic rings. The molecule has 13 nitrogen and oxygen atoms in total. The zero-order chi connectivity index (χ0) is 47.8. The molecule has 1 aliphatic rings. The van der Waals surface area contributed by atoms with Crippen molar-refractivity contribution in [2.24, 2.45) is 0 Å². The molecule has 1 fully saturated rings. The Morgan fingerprint density at radius 2 is 0.938 bits per heavy atom. The van der Waals surface area contributed by atoms with E-state index < -0.39 is 75.7 Å². The number of carbonyl (C=O) groups excluding carboxylic acids is 2. The molecule has 0 heterocycles. The van der Waals surface area contributed by atoms with E-state index in [-0.39, 0.29) is 12.8 Å². The minimum absolute atomic E-state index is 0.0454. The van der Waals surface area contributed by atoms with Crippen molar-refractivity contribution in [3.05, 3.63) is 72.9 Å². The van der Waals surface area contributed by atoms with Gasteiger partial charge in [0.05, 0.1) is 6.61 Å². The van der Waals surface area contributed by atoms with E-state index in [4.69, 9.17) is 18.5 Å².